The maximum atomic E-state index is 11.8. The number of nitrogens with one attached hydrogen (secondary N) is 1. The van der Waals surface area contributed by atoms with Gasteiger partial charge in [-0.25, -0.2) is 4.79 Å². The van der Waals surface area contributed by atoms with Crippen molar-refractivity contribution in [2.45, 2.75) is 39.0 Å². The van der Waals surface area contributed by atoms with Gasteiger partial charge < -0.3 is 25.1 Å². The van der Waals surface area contributed by atoms with Crippen LogP contribution in [0.25, 0.3) is 0 Å². The van der Waals surface area contributed by atoms with Crippen LogP contribution in [0.3, 0.4) is 0 Å². The number of nitrogens with zero attached hydrogens (tertiary/aromatic N) is 1. The van der Waals surface area contributed by atoms with Gasteiger partial charge in [0.1, 0.15) is 19.3 Å². The average molecular weight is 350 g/mol. The lowest BCUT2D eigenvalue weighted by Gasteiger charge is -2.45. The summed E-state index contributed by atoms with van der Waals surface area (Å²) in [6.07, 6.45) is -2.63. The predicted octanol–water partition coefficient (Wildman–Crippen LogP) is 0.862. The van der Waals surface area contributed by atoms with Gasteiger partial charge in [-0.3, -0.25) is 4.48 Å². The van der Waals surface area contributed by atoms with Gasteiger partial charge in [0.05, 0.1) is 18.0 Å². The van der Waals surface area contributed by atoms with Gasteiger partial charge in [0.25, 0.3) is 6.09 Å². The van der Waals surface area contributed by atoms with E-state index in [1.807, 2.05) is 30.3 Å². The number of aliphatic hydroxyl groups is 1. The lowest BCUT2D eigenvalue weighted by molar-refractivity contribution is -0.911. The molecule has 2 rings (SSSR count). The Hall–Kier alpha value is -2.12. The van der Waals surface area contributed by atoms with Crippen LogP contribution in [0.4, 0.5) is 9.59 Å². The molecule has 138 valence electrons. The molecule has 1 fully saturated rings. The van der Waals surface area contributed by atoms with Crippen LogP contribution in [0.2, 0.25) is 0 Å². The maximum Gasteiger partial charge on any atom is 0.407 e. The minimum absolute atomic E-state index is 0.0667. The minimum atomic E-state index is -1.21. The fourth-order valence-corrected chi connectivity index (χ4v) is 3.22. The van der Waals surface area contributed by atoms with E-state index < -0.39 is 23.8 Å². The van der Waals surface area contributed by atoms with E-state index in [9.17, 15) is 19.8 Å². The molecule has 0 spiro atoms. The Labute approximate surface area is 147 Å². The molecule has 3 atom stereocenters. The Morgan fingerprint density at radius 1 is 1.28 bits per heavy atom. The zero-order valence-electron chi connectivity index (χ0n) is 14.9. The average Bonchev–Trinajstić information content (AvgIpc) is 2.90. The van der Waals surface area contributed by atoms with E-state index in [1.165, 1.54) is 0 Å². The van der Waals surface area contributed by atoms with Gasteiger partial charge in [-0.15, -0.1) is 0 Å². The third-order valence-corrected chi connectivity index (χ3v) is 4.94. The van der Waals surface area contributed by atoms with Crippen LogP contribution in [-0.4, -0.2) is 53.1 Å². The van der Waals surface area contributed by atoms with Gasteiger partial charge in [-0.1, -0.05) is 30.3 Å². The molecule has 0 radical (unpaired) electrons. The molecule has 1 aromatic rings. The Morgan fingerprint density at radius 3 is 2.44 bits per heavy atom. The summed E-state index contributed by atoms with van der Waals surface area (Å²) >= 11 is 0. The molecule has 25 heavy (non-hydrogen) atoms. The van der Waals surface area contributed by atoms with Crippen molar-refractivity contribution in [3.8, 4) is 0 Å². The Morgan fingerprint density at radius 2 is 1.92 bits per heavy atom. The van der Waals surface area contributed by atoms with Crippen LogP contribution >= 0.6 is 0 Å². The second-order valence-corrected chi connectivity index (χ2v) is 7.54. The largest absolute Gasteiger partial charge is 0.498 e. The summed E-state index contributed by atoms with van der Waals surface area (Å²) in [6.45, 7) is 5.99. The van der Waals surface area contributed by atoms with Gasteiger partial charge in [-0.05, 0) is 26.3 Å². The first-order valence-electron chi connectivity index (χ1n) is 8.37. The first-order chi connectivity index (χ1) is 11.7. The highest BCUT2D eigenvalue weighted by Crippen LogP contribution is 2.33. The number of hydrogen-bond acceptors (Lipinski definition) is 5. The van der Waals surface area contributed by atoms with Gasteiger partial charge in [0, 0.05) is 6.54 Å². The molecule has 2 N–H and O–H groups in total. The lowest BCUT2D eigenvalue weighted by Crippen LogP contribution is -2.67. The molecule has 2 amide bonds. The number of carbonyl (C=O) groups excluding carboxylic acids is 2. The highest BCUT2D eigenvalue weighted by molar-refractivity contribution is 5.67. The third-order valence-electron chi connectivity index (χ3n) is 4.94. The first kappa shape index (κ1) is 19.2. The first-order valence-corrected chi connectivity index (χ1v) is 8.37. The summed E-state index contributed by atoms with van der Waals surface area (Å²) in [7, 11) is 0. The molecule has 0 aliphatic carbocycles. The molecule has 1 unspecified atom stereocenters. The molecule has 1 heterocycles. The number of carboxylic acid groups (broad SMARTS) is 1. The summed E-state index contributed by atoms with van der Waals surface area (Å²) < 4.78 is 4.79. The van der Waals surface area contributed by atoms with Crippen LogP contribution in [-0.2, 0) is 11.3 Å². The van der Waals surface area contributed by atoms with Crippen molar-refractivity contribution < 1.29 is 29.0 Å². The van der Waals surface area contributed by atoms with E-state index in [2.05, 4.69) is 5.32 Å². The van der Waals surface area contributed by atoms with Crippen LogP contribution in [0.1, 0.15) is 26.3 Å². The van der Waals surface area contributed by atoms with Crippen molar-refractivity contribution in [2.75, 3.05) is 19.6 Å². The van der Waals surface area contributed by atoms with E-state index in [4.69, 9.17) is 4.74 Å². The number of likely N-dealkylation sites (tertiary alicyclic amines) is 1. The van der Waals surface area contributed by atoms with E-state index in [0.29, 0.717) is 0 Å². The van der Waals surface area contributed by atoms with Gasteiger partial charge in [0.15, 0.2) is 0 Å². The monoisotopic (exact) mass is 350 g/mol. The fraction of sp³-hybridized carbons (Fsp3) is 0.556. The van der Waals surface area contributed by atoms with Gasteiger partial charge in [-0.2, -0.15) is 0 Å². The molecule has 1 saturated heterocycles. The quantitative estimate of drug-likeness (QED) is 0.785. The summed E-state index contributed by atoms with van der Waals surface area (Å²) in [4.78, 5) is 23.5. The van der Waals surface area contributed by atoms with E-state index in [0.717, 1.165) is 5.56 Å². The van der Waals surface area contributed by atoms with Crippen molar-refractivity contribution in [3.63, 3.8) is 0 Å². The van der Waals surface area contributed by atoms with E-state index in [1.54, 1.807) is 20.8 Å². The number of hydrogen-bond donors (Lipinski definition) is 2. The summed E-state index contributed by atoms with van der Waals surface area (Å²) in [5.41, 5.74) is 0.265. The molecule has 0 bridgehead atoms. The maximum absolute atomic E-state index is 11.8. The summed E-state index contributed by atoms with van der Waals surface area (Å²) in [6, 6.07) is 9.29. The number of alkyl carbamates (subject to hydrolysis) is 1. The van der Waals surface area contributed by atoms with Crippen molar-refractivity contribution in [3.05, 3.63) is 35.9 Å². The molecule has 1 aliphatic heterocycles. The number of carbonyl (C=O) groups is 2. The molecule has 1 aliphatic rings. The fourth-order valence-electron chi connectivity index (χ4n) is 3.22. The Balaban J connectivity index is 1.88. The molecular weight excluding hydrogens is 324 g/mol. The molecule has 0 aromatic heterocycles. The van der Waals surface area contributed by atoms with E-state index >= 15 is 0 Å². The summed E-state index contributed by atoms with van der Waals surface area (Å²) in [5.74, 6) is -0.374. The molecule has 1 aromatic carbocycles. The number of amides is 2. The molecular formula is C18H26N2O5. The highest BCUT2D eigenvalue weighted by atomic mass is 16.5. The number of benzene rings is 1. The van der Waals surface area contributed by atoms with Crippen molar-refractivity contribution in [1.29, 1.82) is 0 Å². The predicted molar refractivity (Wildman–Crippen MR) is 89.3 cm³/mol. The smallest absolute Gasteiger partial charge is 0.407 e. The van der Waals surface area contributed by atoms with E-state index in [-0.39, 0.29) is 36.6 Å². The standard InChI is InChI=1S/C18H26N2O5/c1-18(2,3)20(17(23)24)10-14(15(21)11-20)9-19-16(22)25-12-13-7-5-4-6-8-13/h4-8,14-15,21H,9-12H2,1-3H3,(H-,19,22,23,24)/t14-,15+,20?/m0/s1. The number of ether oxygens (including phenoxy) is 1. The van der Waals surface area contributed by atoms with Crippen LogP contribution < -0.4 is 10.4 Å². The number of quaternary nitrogens is 1. The molecule has 0 saturated carbocycles. The SMILES string of the molecule is CC(C)(C)[N+]1(C(=O)[O-])C[C@H](CNC(=O)OCc2ccccc2)[C@H](O)C1. The highest BCUT2D eigenvalue weighted by Gasteiger charge is 2.52. The lowest BCUT2D eigenvalue weighted by atomic mass is 10.0. The van der Waals surface area contributed by atoms with Crippen LogP contribution in [0.5, 0.6) is 0 Å². The Kier molecular flexibility index (Phi) is 5.69. The minimum Gasteiger partial charge on any atom is -0.498 e. The van der Waals surface area contributed by atoms with Crippen molar-refractivity contribution in [2.24, 2.45) is 5.92 Å². The van der Waals surface area contributed by atoms with Gasteiger partial charge in [0.2, 0.25) is 0 Å². The van der Waals surface area contributed by atoms with Crippen molar-refractivity contribution >= 4 is 12.2 Å². The third kappa shape index (κ3) is 4.29. The summed E-state index contributed by atoms with van der Waals surface area (Å²) in [5, 5.41) is 24.6. The molecule has 7 heteroatoms. The zero-order valence-corrected chi connectivity index (χ0v) is 14.9. The number of rotatable bonds is 4. The second-order valence-electron chi connectivity index (χ2n) is 7.54. The normalized spacial score (nSPS) is 26.2. The van der Waals surface area contributed by atoms with Crippen LogP contribution in [0, 0.1) is 5.92 Å². The second kappa shape index (κ2) is 7.41. The van der Waals surface area contributed by atoms with Gasteiger partial charge >= 0.3 is 6.09 Å². The molecule has 7 nitrogen and oxygen atoms in total. The van der Waals surface area contributed by atoms with Crippen LogP contribution in [0.15, 0.2) is 30.3 Å². The Bertz CT molecular complexity index is 614. The topological polar surface area (TPSA) is 98.7 Å². The number of aliphatic hydroxyl groups excluding tert-OH is 1. The van der Waals surface area contributed by atoms with Crippen molar-refractivity contribution in [1.82, 2.24) is 5.32 Å². The zero-order chi connectivity index (χ0) is 18.7.